The minimum Gasteiger partial charge on any atom is -0.480 e. The second-order valence-electron chi connectivity index (χ2n) is 3.80. The largest absolute Gasteiger partial charge is 0.480 e. The van der Waals surface area contributed by atoms with Crippen LogP contribution in [0.25, 0.3) is 0 Å². The van der Waals surface area contributed by atoms with Gasteiger partial charge in [-0.1, -0.05) is 26.7 Å². The topological polar surface area (TPSA) is 127 Å². The van der Waals surface area contributed by atoms with Crippen LogP contribution in [-0.4, -0.2) is 34.7 Å². The lowest BCUT2D eigenvalue weighted by Crippen LogP contribution is -2.33. The zero-order chi connectivity index (χ0) is 13.8. The van der Waals surface area contributed by atoms with E-state index in [0.717, 1.165) is 25.7 Å². The van der Waals surface area contributed by atoms with Gasteiger partial charge in [-0.25, -0.2) is 0 Å². The van der Waals surface area contributed by atoms with Gasteiger partial charge < -0.3 is 21.7 Å². The zero-order valence-electron chi connectivity index (χ0n) is 10.6. The number of carbonyl (C=O) groups is 2. The highest BCUT2D eigenvalue weighted by molar-refractivity contribution is 5.76. The lowest BCUT2D eigenvalue weighted by atomic mass is 9.98. The van der Waals surface area contributed by atoms with Crippen molar-refractivity contribution in [3.8, 4) is 0 Å². The van der Waals surface area contributed by atoms with Crippen LogP contribution in [-0.2, 0) is 9.59 Å². The average Bonchev–Trinajstić information content (AvgIpc) is 2.28. The number of carboxylic acid groups (broad SMARTS) is 1. The number of nitrogens with two attached hydrogens (primary N) is 2. The Labute approximate surface area is 102 Å². The molecule has 0 aliphatic carbocycles. The molecule has 0 spiro atoms. The molecule has 0 bridgehead atoms. The van der Waals surface area contributed by atoms with Crippen LogP contribution in [0.4, 0.5) is 0 Å². The highest BCUT2D eigenvalue weighted by atomic mass is 16.4. The Morgan fingerprint density at radius 3 is 1.71 bits per heavy atom. The summed E-state index contributed by atoms with van der Waals surface area (Å²) in [5.74, 6) is -1.19. The number of amides is 1. The molecule has 0 saturated carbocycles. The number of primary amides is 1. The fourth-order valence-electron chi connectivity index (χ4n) is 1.20. The monoisotopic (exact) mass is 248 g/mol. The summed E-state index contributed by atoms with van der Waals surface area (Å²) < 4.78 is 0. The summed E-state index contributed by atoms with van der Waals surface area (Å²) in [6.45, 7) is 3.65. The Balaban J connectivity index is 0. The molecule has 6 heteroatoms. The van der Waals surface area contributed by atoms with Crippen molar-refractivity contribution >= 4 is 11.9 Å². The van der Waals surface area contributed by atoms with Crippen LogP contribution in [0.1, 0.15) is 39.5 Å². The van der Waals surface area contributed by atoms with Crippen LogP contribution < -0.4 is 11.5 Å². The Kier molecular flexibility index (Phi) is 12.2. The van der Waals surface area contributed by atoms with Gasteiger partial charge in [0.15, 0.2) is 0 Å². The van der Waals surface area contributed by atoms with E-state index in [1.165, 1.54) is 0 Å². The van der Waals surface area contributed by atoms with Gasteiger partial charge in [0.1, 0.15) is 6.04 Å². The Hall–Kier alpha value is -1.14. The van der Waals surface area contributed by atoms with E-state index in [1.54, 1.807) is 0 Å². The lowest BCUT2D eigenvalue weighted by Gasteiger charge is -2.09. The van der Waals surface area contributed by atoms with Crippen molar-refractivity contribution < 1.29 is 19.8 Å². The molecule has 1 atom stereocenters. The number of rotatable bonds is 7. The molecule has 0 unspecified atom stereocenters. The summed E-state index contributed by atoms with van der Waals surface area (Å²) in [4.78, 5) is 20.3. The number of carboxylic acids is 1. The van der Waals surface area contributed by atoms with Gasteiger partial charge in [-0.2, -0.15) is 0 Å². The number of hydrogen-bond acceptors (Lipinski definition) is 4. The highest BCUT2D eigenvalue weighted by Crippen LogP contribution is 2.11. The summed E-state index contributed by atoms with van der Waals surface area (Å²) >= 11 is 0. The number of aliphatic carboxylic acids is 1. The van der Waals surface area contributed by atoms with Gasteiger partial charge >= 0.3 is 5.97 Å². The maximum Gasteiger partial charge on any atom is 0.322 e. The zero-order valence-corrected chi connectivity index (χ0v) is 10.6. The molecule has 0 saturated heterocycles. The first-order valence-corrected chi connectivity index (χ1v) is 5.79. The minimum absolute atomic E-state index is 0.120. The second-order valence-corrected chi connectivity index (χ2v) is 3.80. The summed E-state index contributed by atoms with van der Waals surface area (Å²) in [7, 11) is 0. The highest BCUT2D eigenvalue weighted by Gasteiger charge is 2.11. The van der Waals surface area contributed by atoms with Crippen LogP contribution in [0.15, 0.2) is 0 Å². The fraction of sp³-hybridized carbons (Fsp3) is 0.818. The quantitative estimate of drug-likeness (QED) is 0.507. The SMILES string of the molecule is CCCC(CCC)C(N)=O.N[C@@H](CO)C(=O)O. The molecular weight excluding hydrogens is 224 g/mol. The van der Waals surface area contributed by atoms with E-state index in [0.29, 0.717) is 0 Å². The van der Waals surface area contributed by atoms with E-state index in [4.69, 9.17) is 21.7 Å². The van der Waals surface area contributed by atoms with E-state index in [-0.39, 0.29) is 11.8 Å². The second kappa shape index (κ2) is 11.3. The van der Waals surface area contributed by atoms with Gasteiger partial charge in [-0.15, -0.1) is 0 Å². The summed E-state index contributed by atoms with van der Waals surface area (Å²) in [5, 5.41) is 15.9. The summed E-state index contributed by atoms with van der Waals surface area (Å²) in [6, 6.07) is -1.13. The smallest absolute Gasteiger partial charge is 0.322 e. The molecule has 0 aromatic carbocycles. The third-order valence-electron chi connectivity index (χ3n) is 2.19. The fourth-order valence-corrected chi connectivity index (χ4v) is 1.20. The minimum atomic E-state index is -1.18. The molecule has 6 N–H and O–H groups in total. The molecule has 0 aliphatic rings. The molecular formula is C11H24N2O4. The molecule has 6 nitrogen and oxygen atoms in total. The molecule has 0 rings (SSSR count). The predicted molar refractivity (Wildman–Crippen MR) is 65.2 cm³/mol. The first-order valence-electron chi connectivity index (χ1n) is 5.79. The maximum absolute atomic E-state index is 10.7. The summed E-state index contributed by atoms with van der Waals surface area (Å²) in [5.41, 5.74) is 9.94. The molecule has 0 aromatic rings. The standard InChI is InChI=1S/C8H17NO.C3H7NO3/c1-3-5-7(6-4-2)8(9)10;4-2(1-5)3(6)7/h7H,3-6H2,1-2H3,(H2,9,10);2,5H,1,4H2,(H,6,7)/t;2-/m.0/s1. The molecule has 0 aliphatic heterocycles. The van der Waals surface area contributed by atoms with E-state index in [1.807, 2.05) is 0 Å². The van der Waals surface area contributed by atoms with E-state index < -0.39 is 18.6 Å². The van der Waals surface area contributed by atoms with Crippen molar-refractivity contribution in [3.63, 3.8) is 0 Å². The van der Waals surface area contributed by atoms with Gasteiger partial charge in [0, 0.05) is 5.92 Å². The van der Waals surface area contributed by atoms with Gasteiger partial charge in [-0.05, 0) is 12.8 Å². The van der Waals surface area contributed by atoms with Gasteiger partial charge in [0.2, 0.25) is 5.91 Å². The Morgan fingerprint density at radius 2 is 1.59 bits per heavy atom. The van der Waals surface area contributed by atoms with Crippen molar-refractivity contribution in [2.45, 2.75) is 45.6 Å². The van der Waals surface area contributed by atoms with Crippen molar-refractivity contribution in [1.29, 1.82) is 0 Å². The normalized spacial score (nSPS) is 11.6. The van der Waals surface area contributed by atoms with E-state index >= 15 is 0 Å². The van der Waals surface area contributed by atoms with Crippen LogP contribution in [0.5, 0.6) is 0 Å². The van der Waals surface area contributed by atoms with Crippen molar-refractivity contribution in [2.24, 2.45) is 17.4 Å². The van der Waals surface area contributed by atoms with Gasteiger partial charge in [0.05, 0.1) is 6.61 Å². The first-order chi connectivity index (χ1) is 7.90. The molecule has 0 fully saturated rings. The Morgan fingerprint density at radius 1 is 1.18 bits per heavy atom. The van der Waals surface area contributed by atoms with Gasteiger partial charge in [0.25, 0.3) is 0 Å². The number of aliphatic hydroxyl groups excluding tert-OH is 1. The van der Waals surface area contributed by atoms with Crippen LogP contribution >= 0.6 is 0 Å². The third kappa shape index (κ3) is 11.1. The van der Waals surface area contributed by atoms with Crippen molar-refractivity contribution in [1.82, 2.24) is 0 Å². The van der Waals surface area contributed by atoms with E-state index in [9.17, 15) is 9.59 Å². The van der Waals surface area contributed by atoms with Crippen LogP contribution in [0, 0.1) is 5.92 Å². The molecule has 0 aromatic heterocycles. The number of aliphatic hydroxyl groups is 1. The molecule has 0 heterocycles. The molecule has 17 heavy (non-hydrogen) atoms. The predicted octanol–water partition coefficient (Wildman–Crippen LogP) is 0.0787. The lowest BCUT2D eigenvalue weighted by molar-refractivity contribution is -0.139. The Bertz CT molecular complexity index is 216. The van der Waals surface area contributed by atoms with Crippen molar-refractivity contribution in [2.75, 3.05) is 6.61 Å². The summed E-state index contributed by atoms with van der Waals surface area (Å²) in [6.07, 6.45) is 3.99. The average molecular weight is 248 g/mol. The number of carbonyl (C=O) groups excluding carboxylic acids is 1. The van der Waals surface area contributed by atoms with Gasteiger partial charge in [-0.3, -0.25) is 9.59 Å². The molecule has 1 amide bonds. The molecule has 102 valence electrons. The number of hydrogen-bond donors (Lipinski definition) is 4. The maximum atomic E-state index is 10.7. The van der Waals surface area contributed by atoms with Crippen LogP contribution in [0.3, 0.4) is 0 Å². The van der Waals surface area contributed by atoms with E-state index in [2.05, 4.69) is 13.8 Å². The van der Waals surface area contributed by atoms with Crippen LogP contribution in [0.2, 0.25) is 0 Å². The first kappa shape index (κ1) is 18.2. The van der Waals surface area contributed by atoms with Crippen molar-refractivity contribution in [3.05, 3.63) is 0 Å². The molecule has 0 radical (unpaired) electrons. The third-order valence-corrected chi connectivity index (χ3v) is 2.19.